The van der Waals surface area contributed by atoms with Gasteiger partial charge in [-0.25, -0.2) is 17.8 Å². The van der Waals surface area contributed by atoms with Gasteiger partial charge in [0.2, 0.25) is 0 Å². The molecule has 0 aliphatic heterocycles. The normalized spacial score (nSPS) is 13.8. The molecule has 0 bridgehead atoms. The topological polar surface area (TPSA) is 59.2 Å². The highest BCUT2D eigenvalue weighted by molar-refractivity contribution is 7.81. The van der Waals surface area contributed by atoms with Gasteiger partial charge < -0.3 is 9.17 Å². The number of hydrogen-bond donors (Lipinski definition) is 1. The summed E-state index contributed by atoms with van der Waals surface area (Å²) in [7, 11) is 0. The van der Waals surface area contributed by atoms with Crippen molar-refractivity contribution in [3.05, 3.63) is 24.0 Å². The smallest absolute Gasteiger partial charge is 0.356 e. The van der Waals surface area contributed by atoms with Crippen LogP contribution in [0.2, 0.25) is 0 Å². The Balaban J connectivity index is 2.69. The molecule has 0 radical (unpaired) electrons. The van der Waals surface area contributed by atoms with Crippen LogP contribution in [0, 0.1) is 0 Å². The summed E-state index contributed by atoms with van der Waals surface area (Å²) in [6.07, 6.45) is -2.89. The van der Waals surface area contributed by atoms with Crippen molar-refractivity contribution in [3.8, 4) is 0 Å². The second-order valence-corrected chi connectivity index (χ2v) is 3.73. The largest absolute Gasteiger partial charge is 0.415 e. The molecule has 90 valence electrons. The van der Waals surface area contributed by atoms with Gasteiger partial charge in [0.25, 0.3) is 11.1 Å². The maximum Gasteiger partial charge on any atom is 0.415 e. The van der Waals surface area contributed by atoms with E-state index in [1.165, 1.54) is 12.3 Å². The molecule has 0 aliphatic carbocycles. The molecule has 0 amide bonds. The second kappa shape index (κ2) is 4.64. The minimum absolute atomic E-state index is 0.265. The highest BCUT2D eigenvalue weighted by Gasteiger charge is 2.50. The van der Waals surface area contributed by atoms with Crippen LogP contribution in [0.5, 0.6) is 0 Å². The first-order valence-corrected chi connectivity index (χ1v) is 4.87. The zero-order chi connectivity index (χ0) is 12.3. The van der Waals surface area contributed by atoms with E-state index in [0.717, 1.165) is 6.07 Å². The molecule has 0 aliphatic rings. The number of rotatable bonds is 4. The first-order valence-electron chi connectivity index (χ1n) is 3.79. The van der Waals surface area contributed by atoms with Gasteiger partial charge in [0.1, 0.15) is 5.69 Å². The lowest BCUT2D eigenvalue weighted by Crippen LogP contribution is -2.34. The van der Waals surface area contributed by atoms with Crippen molar-refractivity contribution >= 4 is 17.0 Å². The molecule has 1 aromatic rings. The van der Waals surface area contributed by atoms with Gasteiger partial charge in [-0.1, -0.05) is 0 Å². The number of aromatic amines is 1. The first-order chi connectivity index (χ1) is 7.35. The maximum atomic E-state index is 12.4. The van der Waals surface area contributed by atoms with Crippen LogP contribution in [0.25, 0.3) is 0 Å². The summed E-state index contributed by atoms with van der Waals surface area (Å²) in [5, 5.41) is -4.89. The van der Waals surface area contributed by atoms with Gasteiger partial charge in [-0.3, -0.25) is 0 Å². The van der Waals surface area contributed by atoms with Gasteiger partial charge in [-0.15, -0.1) is 0 Å². The fourth-order valence-electron chi connectivity index (χ4n) is 0.699. The number of alkyl halides is 4. The molecular formula is C7H5F4NO3S. The van der Waals surface area contributed by atoms with Crippen molar-refractivity contribution in [2.24, 2.45) is 0 Å². The number of carbonyl (C=O) groups is 1. The summed E-state index contributed by atoms with van der Waals surface area (Å²) in [5.41, 5.74) is -0.265. The van der Waals surface area contributed by atoms with E-state index < -0.39 is 28.7 Å². The van der Waals surface area contributed by atoms with Crippen molar-refractivity contribution in [2.45, 2.75) is 11.7 Å². The molecule has 0 saturated heterocycles. The first kappa shape index (κ1) is 12.7. The Morgan fingerprint density at radius 2 is 2.12 bits per heavy atom. The average molecular weight is 259 g/mol. The average Bonchev–Trinajstić information content (AvgIpc) is 2.69. The fraction of sp³-hybridized carbons (Fsp3) is 0.286. The Kier molecular flexibility index (Phi) is 3.68. The minimum atomic E-state index is -4.89. The van der Waals surface area contributed by atoms with E-state index in [1.54, 1.807) is 0 Å². The van der Waals surface area contributed by atoms with Crippen molar-refractivity contribution in [1.29, 1.82) is 0 Å². The summed E-state index contributed by atoms with van der Waals surface area (Å²) in [5.74, 6) is -1.40. The van der Waals surface area contributed by atoms with Gasteiger partial charge in [0.05, 0.1) is 0 Å². The predicted molar refractivity (Wildman–Crippen MR) is 45.3 cm³/mol. The summed E-state index contributed by atoms with van der Waals surface area (Å²) in [6.45, 7) is 0. The minimum Gasteiger partial charge on any atom is -0.356 e. The number of nitrogens with one attached hydrogen (secondary N) is 1. The van der Waals surface area contributed by atoms with E-state index in [0.29, 0.717) is 0 Å². The van der Waals surface area contributed by atoms with Crippen LogP contribution in [0.3, 0.4) is 0 Å². The van der Waals surface area contributed by atoms with Crippen LogP contribution in [-0.4, -0.2) is 26.8 Å². The lowest BCUT2D eigenvalue weighted by molar-refractivity contribution is -0.0650. The van der Waals surface area contributed by atoms with Crippen LogP contribution in [0.15, 0.2) is 18.3 Å². The molecular weight excluding hydrogens is 254 g/mol. The molecule has 1 atom stereocenters. The highest BCUT2D eigenvalue weighted by Crippen LogP contribution is 2.27. The van der Waals surface area contributed by atoms with E-state index in [1.807, 2.05) is 0 Å². The van der Waals surface area contributed by atoms with Crippen LogP contribution in [0.4, 0.5) is 17.6 Å². The molecule has 1 aromatic heterocycles. The third-order valence-corrected chi connectivity index (χ3v) is 2.37. The quantitative estimate of drug-likeness (QED) is 0.837. The Labute approximate surface area is 89.3 Å². The predicted octanol–water partition coefficient (Wildman–Crippen LogP) is 1.69. The van der Waals surface area contributed by atoms with E-state index >= 15 is 0 Å². The lowest BCUT2D eigenvalue weighted by atomic mass is 10.4. The molecule has 1 heterocycles. The molecule has 9 heteroatoms. The van der Waals surface area contributed by atoms with Crippen molar-refractivity contribution in [1.82, 2.24) is 4.98 Å². The van der Waals surface area contributed by atoms with Gasteiger partial charge in [0, 0.05) is 6.20 Å². The van der Waals surface area contributed by atoms with E-state index in [2.05, 4.69) is 9.17 Å². The number of halogens is 4. The highest BCUT2D eigenvalue weighted by atomic mass is 32.2. The molecule has 0 saturated carbocycles. The monoisotopic (exact) mass is 259 g/mol. The van der Waals surface area contributed by atoms with Crippen molar-refractivity contribution in [2.75, 3.05) is 0 Å². The van der Waals surface area contributed by atoms with E-state index in [4.69, 9.17) is 0 Å². The van der Waals surface area contributed by atoms with E-state index in [9.17, 15) is 26.6 Å². The molecule has 0 fully saturated rings. The van der Waals surface area contributed by atoms with Crippen LogP contribution in [-0.2, 0) is 15.3 Å². The molecule has 16 heavy (non-hydrogen) atoms. The second-order valence-electron chi connectivity index (χ2n) is 2.55. The SMILES string of the molecule is O=C(OS(=O)C(F)(F)C(F)F)c1ccc[nH]1. The van der Waals surface area contributed by atoms with Gasteiger partial charge in [0.15, 0.2) is 0 Å². The summed E-state index contributed by atoms with van der Waals surface area (Å²) < 4.78 is 62.6. The Bertz CT molecular complexity index is 392. The zero-order valence-corrected chi connectivity index (χ0v) is 8.27. The Morgan fingerprint density at radius 3 is 2.56 bits per heavy atom. The Hall–Kier alpha value is -1.38. The third-order valence-electron chi connectivity index (χ3n) is 1.45. The number of H-pyrrole nitrogens is 1. The van der Waals surface area contributed by atoms with E-state index in [-0.39, 0.29) is 5.69 Å². The molecule has 4 nitrogen and oxygen atoms in total. The van der Waals surface area contributed by atoms with Crippen molar-refractivity contribution < 1.29 is 30.7 Å². The molecule has 0 aromatic carbocycles. The summed E-state index contributed by atoms with van der Waals surface area (Å²) >= 11 is -3.73. The summed E-state index contributed by atoms with van der Waals surface area (Å²) in [6, 6.07) is 2.50. The van der Waals surface area contributed by atoms with Crippen LogP contribution >= 0.6 is 0 Å². The fourth-order valence-corrected chi connectivity index (χ4v) is 1.18. The van der Waals surface area contributed by atoms with Crippen molar-refractivity contribution in [3.63, 3.8) is 0 Å². The van der Waals surface area contributed by atoms with Gasteiger partial charge in [-0.2, -0.15) is 8.78 Å². The number of aromatic nitrogens is 1. The zero-order valence-electron chi connectivity index (χ0n) is 7.45. The molecule has 1 N–H and O–H groups in total. The number of carbonyl (C=O) groups excluding carboxylic acids is 1. The molecule has 1 unspecified atom stereocenters. The van der Waals surface area contributed by atoms with Crippen LogP contribution < -0.4 is 0 Å². The maximum absolute atomic E-state index is 12.4. The lowest BCUT2D eigenvalue weighted by Gasteiger charge is -2.12. The Morgan fingerprint density at radius 1 is 1.50 bits per heavy atom. The third kappa shape index (κ3) is 2.60. The molecule has 0 spiro atoms. The summed E-state index contributed by atoms with van der Waals surface area (Å²) in [4.78, 5) is 13.2. The number of hydrogen-bond acceptors (Lipinski definition) is 3. The van der Waals surface area contributed by atoms with Crippen LogP contribution in [0.1, 0.15) is 10.5 Å². The molecule has 1 rings (SSSR count). The van der Waals surface area contributed by atoms with Gasteiger partial charge >= 0.3 is 17.6 Å². The standard InChI is InChI=1S/C7H5F4NO3S/c8-6(9)7(10,11)16(14)15-5(13)4-2-1-3-12-4/h1-3,6,12H. The van der Waals surface area contributed by atoms with Gasteiger partial charge in [-0.05, 0) is 12.1 Å².